The maximum absolute atomic E-state index is 11.6. The average molecular weight is 271 g/mol. The van der Waals surface area contributed by atoms with Crippen LogP contribution in [0, 0.1) is 0 Å². The molecule has 2 aromatic rings. The third-order valence-corrected chi connectivity index (χ3v) is 2.79. The second-order valence-corrected chi connectivity index (χ2v) is 4.31. The van der Waals surface area contributed by atoms with Crippen LogP contribution in [-0.2, 0) is 22.6 Å². The molecule has 0 bridgehead atoms. The highest BCUT2D eigenvalue weighted by atomic mass is 16.7. The largest absolute Gasteiger partial charge is 0.497 e. The summed E-state index contributed by atoms with van der Waals surface area (Å²) in [6.45, 7) is 0.442. The first-order valence-electron chi connectivity index (χ1n) is 6.37. The summed E-state index contributed by atoms with van der Waals surface area (Å²) in [7, 11) is 1.62. The number of hydrogen-bond donors (Lipinski definition) is 1. The van der Waals surface area contributed by atoms with Gasteiger partial charge in [0.2, 0.25) is 0 Å². The van der Waals surface area contributed by atoms with Crippen molar-refractivity contribution in [1.29, 1.82) is 0 Å². The maximum atomic E-state index is 11.6. The lowest BCUT2D eigenvalue weighted by molar-refractivity contribution is -0.150. The molecule has 4 nitrogen and oxygen atoms in total. The van der Waals surface area contributed by atoms with Crippen molar-refractivity contribution in [3.8, 4) is 5.75 Å². The van der Waals surface area contributed by atoms with Crippen LogP contribution >= 0.6 is 0 Å². The van der Waals surface area contributed by atoms with Crippen LogP contribution in [0.15, 0.2) is 54.6 Å². The topological polar surface area (TPSA) is 47.6 Å². The summed E-state index contributed by atoms with van der Waals surface area (Å²) in [5.74, 6) is 0.471. The first-order chi connectivity index (χ1) is 9.78. The summed E-state index contributed by atoms with van der Waals surface area (Å²) in [5, 5.41) is 0. The quantitative estimate of drug-likeness (QED) is 0.820. The van der Waals surface area contributed by atoms with Crippen LogP contribution in [0.25, 0.3) is 0 Å². The van der Waals surface area contributed by atoms with Gasteiger partial charge in [-0.05, 0) is 23.3 Å². The zero-order valence-corrected chi connectivity index (χ0v) is 11.3. The predicted octanol–water partition coefficient (Wildman–Crippen LogP) is 2.49. The van der Waals surface area contributed by atoms with Crippen LogP contribution in [0.5, 0.6) is 5.75 Å². The van der Waals surface area contributed by atoms with Crippen molar-refractivity contribution in [3.05, 3.63) is 65.7 Å². The highest BCUT2D eigenvalue weighted by Crippen LogP contribution is 2.12. The molecule has 0 aliphatic heterocycles. The molecule has 104 valence electrons. The molecule has 2 rings (SSSR count). The third-order valence-electron chi connectivity index (χ3n) is 2.79. The number of benzene rings is 2. The van der Waals surface area contributed by atoms with Crippen molar-refractivity contribution in [2.24, 2.45) is 0 Å². The molecule has 0 unspecified atom stereocenters. The van der Waals surface area contributed by atoms with Crippen LogP contribution in [0.4, 0.5) is 0 Å². The monoisotopic (exact) mass is 271 g/mol. The summed E-state index contributed by atoms with van der Waals surface area (Å²) < 4.78 is 5.13. The number of carbonyl (C=O) groups is 1. The van der Waals surface area contributed by atoms with E-state index in [1.165, 1.54) is 0 Å². The number of hydrogen-bond acceptors (Lipinski definition) is 4. The Morgan fingerprint density at radius 2 is 1.80 bits per heavy atom. The molecule has 20 heavy (non-hydrogen) atoms. The van der Waals surface area contributed by atoms with Crippen LogP contribution in [0.2, 0.25) is 0 Å². The van der Waals surface area contributed by atoms with Crippen molar-refractivity contribution in [3.63, 3.8) is 0 Å². The van der Waals surface area contributed by atoms with Gasteiger partial charge in [-0.25, -0.2) is 0 Å². The molecular weight excluding hydrogens is 254 g/mol. The van der Waals surface area contributed by atoms with Gasteiger partial charge in [0.05, 0.1) is 20.1 Å². The number of nitrogens with one attached hydrogen (secondary N) is 1. The van der Waals surface area contributed by atoms with E-state index in [9.17, 15) is 4.79 Å². The molecule has 0 saturated carbocycles. The van der Waals surface area contributed by atoms with E-state index in [0.29, 0.717) is 6.54 Å². The minimum Gasteiger partial charge on any atom is -0.497 e. The zero-order valence-electron chi connectivity index (χ0n) is 11.3. The average Bonchev–Trinajstić information content (AvgIpc) is 2.48. The van der Waals surface area contributed by atoms with Gasteiger partial charge < -0.3 is 9.57 Å². The molecule has 0 aliphatic carbocycles. The third kappa shape index (κ3) is 4.40. The van der Waals surface area contributed by atoms with Gasteiger partial charge in [-0.2, -0.15) is 0 Å². The summed E-state index contributed by atoms with van der Waals surface area (Å²) >= 11 is 0. The van der Waals surface area contributed by atoms with E-state index in [1.807, 2.05) is 54.6 Å². The molecular formula is C16H17NO3. The number of carbonyl (C=O) groups excluding carboxylic acids is 1. The van der Waals surface area contributed by atoms with Crippen LogP contribution in [0.3, 0.4) is 0 Å². The van der Waals surface area contributed by atoms with E-state index in [1.54, 1.807) is 7.11 Å². The molecule has 0 aromatic heterocycles. The van der Waals surface area contributed by atoms with Crippen molar-refractivity contribution in [1.82, 2.24) is 5.48 Å². The number of rotatable bonds is 6. The fourth-order valence-electron chi connectivity index (χ4n) is 1.78. The Morgan fingerprint density at radius 3 is 2.55 bits per heavy atom. The van der Waals surface area contributed by atoms with Gasteiger partial charge in [-0.1, -0.05) is 42.5 Å². The molecule has 0 fully saturated rings. The number of hydroxylamine groups is 1. The Hall–Kier alpha value is -2.33. The molecule has 0 amide bonds. The molecule has 2 aromatic carbocycles. The van der Waals surface area contributed by atoms with E-state index in [0.717, 1.165) is 16.9 Å². The van der Waals surface area contributed by atoms with Gasteiger partial charge in [0.15, 0.2) is 0 Å². The lowest BCUT2D eigenvalue weighted by Gasteiger charge is -2.07. The normalized spacial score (nSPS) is 10.1. The SMILES string of the molecule is COc1cccc(CNOC(=O)Cc2ccccc2)c1. The number of ether oxygens (including phenoxy) is 1. The smallest absolute Gasteiger partial charge is 0.329 e. The lowest BCUT2D eigenvalue weighted by atomic mass is 10.2. The van der Waals surface area contributed by atoms with Crippen molar-refractivity contribution in [2.45, 2.75) is 13.0 Å². The van der Waals surface area contributed by atoms with Gasteiger partial charge >= 0.3 is 5.97 Å². The summed E-state index contributed by atoms with van der Waals surface area (Å²) in [6.07, 6.45) is 0.256. The Kier molecular flexibility index (Phi) is 5.15. The van der Waals surface area contributed by atoms with E-state index in [2.05, 4.69) is 5.48 Å². The second kappa shape index (κ2) is 7.31. The molecule has 0 radical (unpaired) electrons. The first-order valence-corrected chi connectivity index (χ1v) is 6.37. The molecule has 0 heterocycles. The van der Waals surface area contributed by atoms with E-state index >= 15 is 0 Å². The molecule has 1 N–H and O–H groups in total. The minimum atomic E-state index is -0.306. The van der Waals surface area contributed by atoms with Crippen molar-refractivity contribution < 1.29 is 14.4 Å². The summed E-state index contributed by atoms with van der Waals surface area (Å²) in [6, 6.07) is 17.1. The lowest BCUT2D eigenvalue weighted by Crippen LogP contribution is -2.20. The molecule has 0 atom stereocenters. The Morgan fingerprint density at radius 1 is 1.05 bits per heavy atom. The first kappa shape index (κ1) is 14.1. The summed E-state index contributed by atoms with van der Waals surface area (Å²) in [5.41, 5.74) is 4.58. The van der Waals surface area contributed by atoms with Crippen molar-refractivity contribution >= 4 is 5.97 Å². The Bertz CT molecular complexity index is 555. The van der Waals surface area contributed by atoms with Gasteiger partial charge in [-0.3, -0.25) is 4.79 Å². The van der Waals surface area contributed by atoms with Crippen LogP contribution in [0.1, 0.15) is 11.1 Å². The highest BCUT2D eigenvalue weighted by Gasteiger charge is 2.04. The van der Waals surface area contributed by atoms with Gasteiger partial charge in [0, 0.05) is 0 Å². The minimum absolute atomic E-state index is 0.256. The fourth-order valence-corrected chi connectivity index (χ4v) is 1.78. The van der Waals surface area contributed by atoms with Crippen molar-refractivity contribution in [2.75, 3.05) is 7.11 Å². The van der Waals surface area contributed by atoms with E-state index in [-0.39, 0.29) is 12.4 Å². The van der Waals surface area contributed by atoms with Gasteiger partial charge in [-0.15, -0.1) is 5.48 Å². The standard InChI is InChI=1S/C16H17NO3/c1-19-15-9-5-8-14(10-15)12-17-20-16(18)11-13-6-3-2-4-7-13/h2-10,17H,11-12H2,1H3. The van der Waals surface area contributed by atoms with Gasteiger partial charge in [0.1, 0.15) is 5.75 Å². The van der Waals surface area contributed by atoms with Crippen LogP contribution < -0.4 is 10.2 Å². The fraction of sp³-hybridized carbons (Fsp3) is 0.188. The van der Waals surface area contributed by atoms with Crippen LogP contribution in [-0.4, -0.2) is 13.1 Å². The molecule has 4 heteroatoms. The Balaban J connectivity index is 1.76. The Labute approximate surface area is 118 Å². The highest BCUT2D eigenvalue weighted by molar-refractivity contribution is 5.72. The maximum Gasteiger partial charge on any atom is 0.329 e. The molecule has 0 saturated heterocycles. The number of methoxy groups -OCH3 is 1. The summed E-state index contributed by atoms with van der Waals surface area (Å²) in [4.78, 5) is 16.6. The van der Waals surface area contributed by atoms with E-state index < -0.39 is 0 Å². The molecule has 0 aliphatic rings. The zero-order chi connectivity index (χ0) is 14.2. The molecule has 0 spiro atoms. The van der Waals surface area contributed by atoms with E-state index in [4.69, 9.17) is 9.57 Å². The second-order valence-electron chi connectivity index (χ2n) is 4.31. The van der Waals surface area contributed by atoms with Gasteiger partial charge in [0.25, 0.3) is 0 Å². The predicted molar refractivity (Wildman–Crippen MR) is 76.1 cm³/mol.